The fourth-order valence-electron chi connectivity index (χ4n) is 0.927. The molecule has 0 fully saturated rings. The minimum Gasteiger partial charge on any atom is -0.120 e. The SMILES string of the molecule is C#CC[Si](C)(CC#C)CC#C. The van der Waals surface area contributed by atoms with E-state index in [9.17, 15) is 0 Å². The molecule has 0 amide bonds. The highest BCUT2D eigenvalue weighted by molar-refractivity contribution is 6.80. The molecule has 0 bridgehead atoms. The van der Waals surface area contributed by atoms with E-state index in [1.54, 1.807) is 0 Å². The van der Waals surface area contributed by atoms with Crippen molar-refractivity contribution in [3.63, 3.8) is 0 Å². The molecule has 0 aromatic heterocycles. The maximum absolute atomic E-state index is 5.22. The summed E-state index contributed by atoms with van der Waals surface area (Å²) in [7, 11) is -1.46. The first kappa shape index (κ1) is 9.90. The Morgan fingerprint density at radius 1 is 0.909 bits per heavy atom. The van der Waals surface area contributed by atoms with Gasteiger partial charge in [0.25, 0.3) is 0 Å². The Morgan fingerprint density at radius 3 is 1.36 bits per heavy atom. The third kappa shape index (κ3) is 3.56. The Hall–Kier alpha value is -1.10. The first-order valence-electron chi connectivity index (χ1n) is 3.49. The van der Waals surface area contributed by atoms with Crippen molar-refractivity contribution >= 4 is 8.07 Å². The van der Waals surface area contributed by atoms with Crippen LogP contribution in [0.25, 0.3) is 0 Å². The van der Waals surface area contributed by atoms with E-state index in [1.165, 1.54) is 0 Å². The fourth-order valence-corrected chi connectivity index (χ4v) is 2.78. The number of hydrogen-bond donors (Lipinski definition) is 0. The van der Waals surface area contributed by atoms with Gasteiger partial charge < -0.3 is 0 Å². The molecule has 11 heavy (non-hydrogen) atoms. The van der Waals surface area contributed by atoms with Crippen molar-refractivity contribution in [3.05, 3.63) is 0 Å². The van der Waals surface area contributed by atoms with Crippen molar-refractivity contribution in [2.45, 2.75) is 24.7 Å². The molecule has 1 heteroatoms. The first-order valence-corrected chi connectivity index (χ1v) is 6.61. The summed E-state index contributed by atoms with van der Waals surface area (Å²) in [4.78, 5) is 0. The highest BCUT2D eigenvalue weighted by Gasteiger charge is 2.23. The van der Waals surface area contributed by atoms with E-state index in [0.29, 0.717) is 0 Å². The van der Waals surface area contributed by atoms with E-state index in [2.05, 4.69) is 24.3 Å². The maximum atomic E-state index is 5.22. The van der Waals surface area contributed by atoms with Crippen LogP contribution in [-0.4, -0.2) is 8.07 Å². The molecule has 0 saturated heterocycles. The molecule has 0 unspecified atom stereocenters. The van der Waals surface area contributed by atoms with Gasteiger partial charge in [0.2, 0.25) is 0 Å². The van der Waals surface area contributed by atoms with Crippen molar-refractivity contribution in [1.29, 1.82) is 0 Å². The predicted molar refractivity (Wildman–Crippen MR) is 52.5 cm³/mol. The van der Waals surface area contributed by atoms with Gasteiger partial charge in [0.05, 0.1) is 8.07 Å². The third-order valence-electron chi connectivity index (χ3n) is 1.59. The Balaban J connectivity index is 4.20. The Labute approximate surface area is 70.4 Å². The predicted octanol–water partition coefficient (Wildman–Crippen LogP) is 1.96. The van der Waals surface area contributed by atoms with E-state index in [0.717, 1.165) is 18.1 Å². The molecular formula is C10H12Si. The Morgan fingerprint density at radius 2 is 1.18 bits per heavy atom. The molecule has 0 radical (unpaired) electrons. The van der Waals surface area contributed by atoms with Gasteiger partial charge in [0.1, 0.15) is 0 Å². The summed E-state index contributed by atoms with van der Waals surface area (Å²) in [6.07, 6.45) is 15.7. The van der Waals surface area contributed by atoms with Gasteiger partial charge in [-0.15, -0.1) is 37.0 Å². The molecule has 0 nitrogen and oxygen atoms in total. The highest BCUT2D eigenvalue weighted by Crippen LogP contribution is 2.18. The lowest BCUT2D eigenvalue weighted by Crippen LogP contribution is -2.27. The molecular weight excluding hydrogens is 148 g/mol. The number of rotatable bonds is 3. The summed E-state index contributed by atoms with van der Waals surface area (Å²) in [5.41, 5.74) is 0. The first-order chi connectivity index (χ1) is 5.18. The topological polar surface area (TPSA) is 0 Å². The van der Waals surface area contributed by atoms with Crippen LogP contribution >= 0.6 is 0 Å². The molecule has 0 heterocycles. The van der Waals surface area contributed by atoms with Gasteiger partial charge in [-0.05, 0) is 0 Å². The van der Waals surface area contributed by atoms with Crippen LogP contribution in [0.3, 0.4) is 0 Å². The summed E-state index contributed by atoms with van der Waals surface area (Å²) in [6, 6.07) is 2.38. The zero-order chi connectivity index (χ0) is 8.74. The van der Waals surface area contributed by atoms with Crippen LogP contribution in [-0.2, 0) is 0 Å². The van der Waals surface area contributed by atoms with Crippen molar-refractivity contribution in [1.82, 2.24) is 0 Å². The quantitative estimate of drug-likeness (QED) is 0.437. The zero-order valence-corrected chi connectivity index (χ0v) is 7.85. The average Bonchev–Trinajstić information content (AvgIpc) is 1.88. The third-order valence-corrected chi connectivity index (χ3v) is 4.76. The summed E-state index contributed by atoms with van der Waals surface area (Å²) in [6.45, 7) is 2.16. The number of hydrogen-bond acceptors (Lipinski definition) is 0. The Kier molecular flexibility index (Phi) is 4.20. The van der Waals surface area contributed by atoms with Crippen LogP contribution in [0.5, 0.6) is 0 Å². The molecule has 56 valence electrons. The largest absolute Gasteiger partial charge is 0.120 e. The van der Waals surface area contributed by atoms with Crippen LogP contribution < -0.4 is 0 Å². The summed E-state index contributed by atoms with van der Waals surface area (Å²) in [5, 5.41) is 0. The summed E-state index contributed by atoms with van der Waals surface area (Å²) < 4.78 is 0. The van der Waals surface area contributed by atoms with Gasteiger partial charge in [-0.2, -0.15) is 0 Å². The molecule has 0 aliphatic carbocycles. The van der Waals surface area contributed by atoms with E-state index in [4.69, 9.17) is 19.3 Å². The summed E-state index contributed by atoms with van der Waals surface area (Å²) >= 11 is 0. The van der Waals surface area contributed by atoms with Gasteiger partial charge in [0, 0.05) is 18.1 Å². The maximum Gasteiger partial charge on any atom is 0.0880 e. The van der Waals surface area contributed by atoms with Crippen LogP contribution in [0, 0.1) is 37.0 Å². The van der Waals surface area contributed by atoms with E-state index in [-0.39, 0.29) is 0 Å². The monoisotopic (exact) mass is 160 g/mol. The molecule has 0 aliphatic rings. The normalized spacial score (nSPS) is 9.27. The second kappa shape index (κ2) is 4.67. The summed E-state index contributed by atoms with van der Waals surface area (Å²) in [5.74, 6) is 7.95. The van der Waals surface area contributed by atoms with Crippen molar-refractivity contribution in [2.24, 2.45) is 0 Å². The van der Waals surface area contributed by atoms with E-state index < -0.39 is 8.07 Å². The number of terminal acetylenes is 3. The van der Waals surface area contributed by atoms with Crippen LogP contribution in [0.2, 0.25) is 24.7 Å². The lowest BCUT2D eigenvalue weighted by molar-refractivity contribution is 1.42. The molecule has 0 aromatic rings. The standard InChI is InChI=1S/C10H12Si/c1-5-8-11(4,9-6-2)10-7-3/h1-3H,8-10H2,4H3. The molecule has 0 N–H and O–H groups in total. The van der Waals surface area contributed by atoms with Gasteiger partial charge in [0.15, 0.2) is 0 Å². The molecule has 0 aromatic carbocycles. The fraction of sp³-hybridized carbons (Fsp3) is 0.400. The van der Waals surface area contributed by atoms with Crippen LogP contribution in [0.1, 0.15) is 0 Å². The van der Waals surface area contributed by atoms with Gasteiger partial charge in [-0.25, -0.2) is 0 Å². The van der Waals surface area contributed by atoms with Crippen molar-refractivity contribution in [3.8, 4) is 37.0 Å². The van der Waals surface area contributed by atoms with Gasteiger partial charge in [-0.1, -0.05) is 6.55 Å². The molecule has 0 atom stereocenters. The van der Waals surface area contributed by atoms with Crippen LogP contribution in [0.4, 0.5) is 0 Å². The lowest BCUT2D eigenvalue weighted by atomic mass is 10.8. The van der Waals surface area contributed by atoms with Crippen LogP contribution in [0.15, 0.2) is 0 Å². The smallest absolute Gasteiger partial charge is 0.0880 e. The minimum atomic E-state index is -1.46. The second-order valence-electron chi connectivity index (χ2n) is 2.95. The molecule has 0 spiro atoms. The Bertz CT molecular complexity index is 190. The second-order valence-corrected chi connectivity index (χ2v) is 7.64. The molecule has 0 saturated carbocycles. The zero-order valence-electron chi connectivity index (χ0n) is 6.85. The van der Waals surface area contributed by atoms with Crippen molar-refractivity contribution in [2.75, 3.05) is 0 Å². The lowest BCUT2D eigenvalue weighted by Gasteiger charge is -2.18. The minimum absolute atomic E-state index is 0.793. The van der Waals surface area contributed by atoms with E-state index >= 15 is 0 Å². The molecule has 0 rings (SSSR count). The molecule has 0 aliphatic heterocycles. The highest BCUT2D eigenvalue weighted by atomic mass is 28.3. The van der Waals surface area contributed by atoms with Crippen molar-refractivity contribution < 1.29 is 0 Å². The van der Waals surface area contributed by atoms with E-state index in [1.807, 2.05) is 0 Å². The van der Waals surface area contributed by atoms with Gasteiger partial charge in [-0.3, -0.25) is 0 Å². The average molecular weight is 160 g/mol. The van der Waals surface area contributed by atoms with Gasteiger partial charge >= 0.3 is 0 Å².